The molecule has 0 aliphatic rings. The second-order valence-corrected chi connectivity index (χ2v) is 5.79. The van der Waals surface area contributed by atoms with E-state index < -0.39 is 5.54 Å². The molecule has 0 aliphatic heterocycles. The molecular weight excluding hydrogens is 318 g/mol. The number of hydrogen-bond acceptors (Lipinski definition) is 2. The third kappa shape index (κ3) is 3.97. The molecule has 1 unspecified atom stereocenters. The van der Waals surface area contributed by atoms with Crippen LogP contribution in [-0.2, 0) is 0 Å². The summed E-state index contributed by atoms with van der Waals surface area (Å²) in [5.74, 6) is -0.223. The number of aliphatic hydroxyl groups is 1. The van der Waals surface area contributed by atoms with Gasteiger partial charge in [-0.05, 0) is 38.0 Å². The van der Waals surface area contributed by atoms with Crippen LogP contribution < -0.4 is 5.32 Å². The Morgan fingerprint density at radius 1 is 1.56 bits per heavy atom. The van der Waals surface area contributed by atoms with Crippen molar-refractivity contribution in [2.75, 3.05) is 6.61 Å². The van der Waals surface area contributed by atoms with Crippen molar-refractivity contribution in [3.63, 3.8) is 0 Å². The molecule has 1 rings (SSSR count). The zero-order valence-electron chi connectivity index (χ0n) is 10.5. The highest BCUT2D eigenvalue weighted by molar-refractivity contribution is 9.10. The van der Waals surface area contributed by atoms with E-state index in [2.05, 4.69) is 21.2 Å². The summed E-state index contributed by atoms with van der Waals surface area (Å²) in [6, 6.07) is 5.15. The number of rotatable bonds is 5. The van der Waals surface area contributed by atoms with Crippen molar-refractivity contribution in [3.05, 3.63) is 33.3 Å². The monoisotopic (exact) mass is 333 g/mol. The Morgan fingerprint density at radius 2 is 2.22 bits per heavy atom. The average Bonchev–Trinajstić information content (AvgIpc) is 2.32. The first kappa shape index (κ1) is 15.5. The molecule has 0 spiro atoms. The van der Waals surface area contributed by atoms with Crippen LogP contribution >= 0.6 is 27.5 Å². The maximum Gasteiger partial charge on any atom is 0.253 e. The van der Waals surface area contributed by atoms with Gasteiger partial charge < -0.3 is 10.4 Å². The second kappa shape index (κ2) is 6.55. The molecule has 2 N–H and O–H groups in total. The standard InChI is InChI=1S/C13H17BrClNO2/c1-3-13(2,6-7-17)16-12(18)10-8-9(14)4-5-11(10)15/h4-5,8,17H,3,6-7H2,1-2H3,(H,16,18). The molecule has 5 heteroatoms. The van der Waals surface area contributed by atoms with Gasteiger partial charge in [-0.15, -0.1) is 0 Å². The molecule has 0 fully saturated rings. The fourth-order valence-corrected chi connectivity index (χ4v) is 2.15. The van der Waals surface area contributed by atoms with E-state index >= 15 is 0 Å². The number of nitrogens with one attached hydrogen (secondary N) is 1. The lowest BCUT2D eigenvalue weighted by Gasteiger charge is -2.29. The Hall–Kier alpha value is -0.580. The Balaban J connectivity index is 2.90. The summed E-state index contributed by atoms with van der Waals surface area (Å²) in [5.41, 5.74) is 0.0148. The fraction of sp³-hybridized carbons (Fsp3) is 0.462. The number of halogens is 2. The molecule has 0 saturated heterocycles. The van der Waals surface area contributed by atoms with E-state index in [1.165, 1.54) is 0 Å². The minimum atomic E-state index is -0.419. The summed E-state index contributed by atoms with van der Waals surface area (Å²) in [6.07, 6.45) is 1.26. The minimum Gasteiger partial charge on any atom is -0.396 e. The van der Waals surface area contributed by atoms with Crippen LogP contribution in [0.25, 0.3) is 0 Å². The Labute approximate surface area is 121 Å². The molecule has 18 heavy (non-hydrogen) atoms. The van der Waals surface area contributed by atoms with Crippen molar-refractivity contribution >= 4 is 33.4 Å². The van der Waals surface area contributed by atoms with Crippen molar-refractivity contribution < 1.29 is 9.90 Å². The quantitative estimate of drug-likeness (QED) is 0.867. The number of hydrogen-bond donors (Lipinski definition) is 2. The van der Waals surface area contributed by atoms with Gasteiger partial charge in [-0.2, -0.15) is 0 Å². The summed E-state index contributed by atoms with van der Waals surface area (Å²) >= 11 is 9.32. The lowest BCUT2D eigenvalue weighted by molar-refractivity contribution is 0.0886. The van der Waals surface area contributed by atoms with E-state index in [1.54, 1.807) is 18.2 Å². The molecular formula is C13H17BrClNO2. The second-order valence-electron chi connectivity index (χ2n) is 4.47. The predicted molar refractivity (Wildman–Crippen MR) is 77.0 cm³/mol. The number of aliphatic hydroxyl groups excluding tert-OH is 1. The van der Waals surface area contributed by atoms with Crippen molar-refractivity contribution in [1.82, 2.24) is 5.32 Å². The smallest absolute Gasteiger partial charge is 0.253 e. The van der Waals surface area contributed by atoms with Gasteiger partial charge in [-0.1, -0.05) is 34.5 Å². The van der Waals surface area contributed by atoms with Crippen molar-refractivity contribution in [2.45, 2.75) is 32.2 Å². The van der Waals surface area contributed by atoms with Crippen LogP contribution in [0.5, 0.6) is 0 Å². The highest BCUT2D eigenvalue weighted by atomic mass is 79.9. The Morgan fingerprint density at radius 3 is 2.78 bits per heavy atom. The molecule has 0 radical (unpaired) electrons. The highest BCUT2D eigenvalue weighted by Gasteiger charge is 2.25. The fourth-order valence-electron chi connectivity index (χ4n) is 1.59. The van der Waals surface area contributed by atoms with Crippen LogP contribution in [0.2, 0.25) is 5.02 Å². The highest BCUT2D eigenvalue weighted by Crippen LogP contribution is 2.22. The number of benzene rings is 1. The van der Waals surface area contributed by atoms with E-state index in [0.29, 0.717) is 17.0 Å². The summed E-state index contributed by atoms with van der Waals surface area (Å²) in [6.45, 7) is 3.92. The molecule has 0 heterocycles. The van der Waals surface area contributed by atoms with Crippen molar-refractivity contribution in [2.24, 2.45) is 0 Å². The van der Waals surface area contributed by atoms with Crippen molar-refractivity contribution in [1.29, 1.82) is 0 Å². The molecule has 1 aromatic rings. The van der Waals surface area contributed by atoms with Gasteiger partial charge in [0.05, 0.1) is 10.6 Å². The van der Waals surface area contributed by atoms with Gasteiger partial charge in [0.25, 0.3) is 5.91 Å². The predicted octanol–water partition coefficient (Wildman–Crippen LogP) is 3.38. The average molecular weight is 335 g/mol. The Bertz CT molecular complexity index is 439. The lowest BCUT2D eigenvalue weighted by atomic mass is 9.94. The van der Waals surface area contributed by atoms with Crippen LogP contribution in [0.3, 0.4) is 0 Å². The summed E-state index contributed by atoms with van der Waals surface area (Å²) in [4.78, 5) is 12.2. The molecule has 100 valence electrons. The summed E-state index contributed by atoms with van der Waals surface area (Å²) in [5, 5.41) is 12.4. The molecule has 0 bridgehead atoms. The van der Waals surface area contributed by atoms with Crippen LogP contribution in [0, 0.1) is 0 Å². The van der Waals surface area contributed by atoms with Gasteiger partial charge in [0.1, 0.15) is 0 Å². The zero-order valence-corrected chi connectivity index (χ0v) is 12.8. The third-order valence-corrected chi connectivity index (χ3v) is 3.86. The first-order valence-corrected chi connectivity index (χ1v) is 6.97. The van der Waals surface area contributed by atoms with Gasteiger partial charge >= 0.3 is 0 Å². The molecule has 0 aromatic heterocycles. The minimum absolute atomic E-state index is 0.0385. The van der Waals surface area contributed by atoms with Gasteiger partial charge in [-0.3, -0.25) is 4.79 Å². The molecule has 0 aliphatic carbocycles. The van der Waals surface area contributed by atoms with E-state index in [9.17, 15) is 4.79 Å². The van der Waals surface area contributed by atoms with Gasteiger partial charge in [-0.25, -0.2) is 0 Å². The number of carbonyl (C=O) groups excluding carboxylic acids is 1. The van der Waals surface area contributed by atoms with Gasteiger partial charge in [0, 0.05) is 16.6 Å². The van der Waals surface area contributed by atoms with Gasteiger partial charge in [0.15, 0.2) is 0 Å². The summed E-state index contributed by atoms with van der Waals surface area (Å²) < 4.78 is 0.803. The maximum atomic E-state index is 12.2. The Kier molecular flexibility index (Phi) is 5.63. The first-order chi connectivity index (χ1) is 8.41. The molecule has 1 atom stereocenters. The zero-order chi connectivity index (χ0) is 13.8. The first-order valence-electron chi connectivity index (χ1n) is 5.80. The van der Waals surface area contributed by atoms with E-state index in [-0.39, 0.29) is 12.5 Å². The van der Waals surface area contributed by atoms with Crippen LogP contribution in [0.1, 0.15) is 37.0 Å². The van der Waals surface area contributed by atoms with E-state index in [4.69, 9.17) is 16.7 Å². The SMILES string of the molecule is CCC(C)(CCO)NC(=O)c1cc(Br)ccc1Cl. The van der Waals surface area contributed by atoms with Crippen molar-refractivity contribution in [3.8, 4) is 0 Å². The van der Waals surface area contributed by atoms with E-state index in [0.717, 1.165) is 10.9 Å². The van der Waals surface area contributed by atoms with Gasteiger partial charge in [0.2, 0.25) is 0 Å². The largest absolute Gasteiger partial charge is 0.396 e. The number of carbonyl (C=O) groups is 1. The third-order valence-electron chi connectivity index (χ3n) is 3.03. The lowest BCUT2D eigenvalue weighted by Crippen LogP contribution is -2.46. The van der Waals surface area contributed by atoms with Crippen LogP contribution in [0.4, 0.5) is 0 Å². The summed E-state index contributed by atoms with van der Waals surface area (Å²) in [7, 11) is 0. The topological polar surface area (TPSA) is 49.3 Å². The normalized spacial score (nSPS) is 14.1. The molecule has 3 nitrogen and oxygen atoms in total. The van der Waals surface area contributed by atoms with Crippen LogP contribution in [-0.4, -0.2) is 23.2 Å². The number of amides is 1. The van der Waals surface area contributed by atoms with Crippen LogP contribution in [0.15, 0.2) is 22.7 Å². The molecule has 1 aromatic carbocycles. The molecule has 1 amide bonds. The van der Waals surface area contributed by atoms with E-state index in [1.807, 2.05) is 13.8 Å². The molecule has 0 saturated carbocycles. The maximum absolute atomic E-state index is 12.2.